The Balaban J connectivity index is 1.97. The third-order valence-corrected chi connectivity index (χ3v) is 2.07. The molecule has 1 aromatic heterocycles. The summed E-state index contributed by atoms with van der Waals surface area (Å²) in [6, 6.07) is 11.2. The summed E-state index contributed by atoms with van der Waals surface area (Å²) in [5.74, 6) is 0.374. The molecular formula is C12H11NO3. The molecule has 0 N–H and O–H groups in total. The number of Topliss-reactive ketones (excluding diaryl/α,β-unsaturated/α-hetero) is 1. The van der Waals surface area contributed by atoms with Gasteiger partial charge in [0.15, 0.2) is 5.78 Å². The third kappa shape index (κ3) is 2.48. The smallest absolute Gasteiger partial charge is 0.255 e. The Morgan fingerprint density at radius 3 is 2.75 bits per heavy atom. The van der Waals surface area contributed by atoms with Crippen LogP contribution in [0.5, 0.6) is 5.88 Å². The fraction of sp³-hybridized carbons (Fsp3) is 0.167. The van der Waals surface area contributed by atoms with E-state index < -0.39 is 0 Å². The molecule has 0 atom stereocenters. The van der Waals surface area contributed by atoms with Crippen molar-refractivity contribution >= 4 is 5.78 Å². The number of carbonyl (C=O) groups excluding carboxylic acids is 1. The molecule has 0 spiro atoms. The standard InChI is InChI=1S/C12H11NO3/c1-9(14)11-7-12(13-16-11)15-8-10-5-3-2-4-6-10/h2-7H,8H2,1H3. The topological polar surface area (TPSA) is 52.3 Å². The highest BCUT2D eigenvalue weighted by atomic mass is 16.5. The monoisotopic (exact) mass is 217 g/mol. The normalized spacial score (nSPS) is 10.1. The van der Waals surface area contributed by atoms with E-state index in [0.717, 1.165) is 5.56 Å². The Bertz CT molecular complexity index is 476. The molecule has 0 saturated heterocycles. The van der Waals surface area contributed by atoms with Gasteiger partial charge in [0.25, 0.3) is 5.88 Å². The molecule has 0 amide bonds. The van der Waals surface area contributed by atoms with E-state index in [2.05, 4.69) is 5.16 Å². The summed E-state index contributed by atoms with van der Waals surface area (Å²) >= 11 is 0. The van der Waals surface area contributed by atoms with E-state index in [0.29, 0.717) is 12.5 Å². The molecule has 0 unspecified atom stereocenters. The van der Waals surface area contributed by atoms with Gasteiger partial charge in [0.1, 0.15) is 6.61 Å². The van der Waals surface area contributed by atoms with E-state index in [-0.39, 0.29) is 11.5 Å². The van der Waals surface area contributed by atoms with Crippen molar-refractivity contribution in [2.24, 2.45) is 0 Å². The van der Waals surface area contributed by atoms with Gasteiger partial charge in [-0.3, -0.25) is 4.79 Å². The van der Waals surface area contributed by atoms with Gasteiger partial charge in [-0.15, -0.1) is 0 Å². The molecule has 2 aromatic rings. The number of aromatic nitrogens is 1. The summed E-state index contributed by atoms with van der Waals surface area (Å²) in [5.41, 5.74) is 1.04. The van der Waals surface area contributed by atoms with Gasteiger partial charge in [0, 0.05) is 6.92 Å². The first-order valence-corrected chi connectivity index (χ1v) is 4.90. The average Bonchev–Trinajstić information content (AvgIpc) is 2.76. The van der Waals surface area contributed by atoms with Gasteiger partial charge >= 0.3 is 0 Å². The maximum Gasteiger partial charge on any atom is 0.255 e. The number of benzene rings is 1. The Morgan fingerprint density at radius 1 is 1.38 bits per heavy atom. The molecule has 2 rings (SSSR count). The second-order valence-corrected chi connectivity index (χ2v) is 3.36. The van der Waals surface area contributed by atoms with E-state index in [9.17, 15) is 4.79 Å². The largest absolute Gasteiger partial charge is 0.471 e. The van der Waals surface area contributed by atoms with Gasteiger partial charge in [0.05, 0.1) is 6.07 Å². The van der Waals surface area contributed by atoms with Crippen LogP contribution in [0.25, 0.3) is 0 Å². The Kier molecular flexibility index (Phi) is 3.00. The molecule has 16 heavy (non-hydrogen) atoms. The van der Waals surface area contributed by atoms with Crippen LogP contribution in [0.1, 0.15) is 23.0 Å². The van der Waals surface area contributed by atoms with E-state index in [1.807, 2.05) is 30.3 Å². The zero-order valence-corrected chi connectivity index (χ0v) is 8.84. The number of hydrogen-bond donors (Lipinski definition) is 0. The van der Waals surface area contributed by atoms with Crippen molar-refractivity contribution in [3.8, 4) is 5.88 Å². The summed E-state index contributed by atoms with van der Waals surface area (Å²) in [6.45, 7) is 1.83. The lowest BCUT2D eigenvalue weighted by molar-refractivity contribution is 0.0978. The van der Waals surface area contributed by atoms with Crippen LogP contribution < -0.4 is 4.74 Å². The second-order valence-electron chi connectivity index (χ2n) is 3.36. The highest BCUT2D eigenvalue weighted by molar-refractivity contribution is 5.91. The number of ether oxygens (including phenoxy) is 1. The fourth-order valence-electron chi connectivity index (χ4n) is 1.22. The van der Waals surface area contributed by atoms with Crippen molar-refractivity contribution < 1.29 is 14.1 Å². The first-order chi connectivity index (χ1) is 7.75. The predicted molar refractivity (Wildman–Crippen MR) is 57.3 cm³/mol. The molecular weight excluding hydrogens is 206 g/mol. The number of nitrogens with zero attached hydrogens (tertiary/aromatic N) is 1. The molecule has 0 aliphatic rings. The lowest BCUT2D eigenvalue weighted by atomic mass is 10.2. The lowest BCUT2D eigenvalue weighted by Gasteiger charge is -2.00. The zero-order valence-electron chi connectivity index (χ0n) is 8.84. The molecule has 4 heteroatoms. The minimum Gasteiger partial charge on any atom is -0.471 e. The quantitative estimate of drug-likeness (QED) is 0.738. The maximum absolute atomic E-state index is 10.9. The van der Waals surface area contributed by atoms with Crippen LogP contribution in [-0.2, 0) is 6.61 Å². The van der Waals surface area contributed by atoms with Crippen LogP contribution in [0.4, 0.5) is 0 Å². The number of ketones is 1. The van der Waals surface area contributed by atoms with E-state index in [1.54, 1.807) is 0 Å². The SMILES string of the molecule is CC(=O)c1cc(OCc2ccccc2)no1. The van der Waals surface area contributed by atoms with Gasteiger partial charge in [-0.1, -0.05) is 30.3 Å². The summed E-state index contributed by atoms with van der Waals surface area (Å²) < 4.78 is 10.2. The van der Waals surface area contributed by atoms with E-state index in [1.165, 1.54) is 13.0 Å². The summed E-state index contributed by atoms with van der Waals surface area (Å²) in [7, 11) is 0. The van der Waals surface area contributed by atoms with Crippen molar-refractivity contribution in [1.82, 2.24) is 5.16 Å². The summed E-state index contributed by atoms with van der Waals surface area (Å²) in [4.78, 5) is 10.9. The predicted octanol–water partition coefficient (Wildman–Crippen LogP) is 2.46. The van der Waals surface area contributed by atoms with Gasteiger partial charge < -0.3 is 9.26 Å². The summed E-state index contributed by atoms with van der Waals surface area (Å²) in [5, 5.41) is 3.63. The van der Waals surface area contributed by atoms with Crippen LogP contribution in [-0.4, -0.2) is 10.9 Å². The van der Waals surface area contributed by atoms with Crippen LogP contribution in [0, 0.1) is 0 Å². The average molecular weight is 217 g/mol. The maximum atomic E-state index is 10.9. The number of carbonyl (C=O) groups is 1. The Labute approximate surface area is 92.8 Å². The minimum atomic E-state index is -0.165. The van der Waals surface area contributed by atoms with Crippen molar-refractivity contribution in [3.05, 3.63) is 47.7 Å². The molecule has 0 aliphatic heterocycles. The van der Waals surface area contributed by atoms with Crippen LogP contribution >= 0.6 is 0 Å². The van der Waals surface area contributed by atoms with Gasteiger partial charge in [0.2, 0.25) is 5.76 Å². The lowest BCUT2D eigenvalue weighted by Crippen LogP contribution is -1.94. The highest BCUT2D eigenvalue weighted by Crippen LogP contribution is 2.13. The minimum absolute atomic E-state index is 0.165. The number of rotatable bonds is 4. The molecule has 1 heterocycles. The highest BCUT2D eigenvalue weighted by Gasteiger charge is 2.08. The van der Waals surface area contributed by atoms with Gasteiger partial charge in [-0.25, -0.2) is 0 Å². The molecule has 0 aliphatic carbocycles. The van der Waals surface area contributed by atoms with Crippen molar-refractivity contribution in [1.29, 1.82) is 0 Å². The Morgan fingerprint density at radius 2 is 2.12 bits per heavy atom. The van der Waals surface area contributed by atoms with Crippen LogP contribution in [0.15, 0.2) is 40.9 Å². The second kappa shape index (κ2) is 4.61. The molecule has 82 valence electrons. The van der Waals surface area contributed by atoms with Gasteiger partial charge in [-0.05, 0) is 10.7 Å². The first kappa shape index (κ1) is 10.4. The van der Waals surface area contributed by atoms with Crippen LogP contribution in [0.2, 0.25) is 0 Å². The molecule has 1 aromatic carbocycles. The zero-order chi connectivity index (χ0) is 11.4. The van der Waals surface area contributed by atoms with Crippen LogP contribution in [0.3, 0.4) is 0 Å². The molecule has 0 fully saturated rings. The van der Waals surface area contributed by atoms with Crippen molar-refractivity contribution in [3.63, 3.8) is 0 Å². The Hall–Kier alpha value is -2.10. The number of hydrogen-bond acceptors (Lipinski definition) is 4. The van der Waals surface area contributed by atoms with Gasteiger partial charge in [-0.2, -0.15) is 0 Å². The fourth-order valence-corrected chi connectivity index (χ4v) is 1.22. The third-order valence-electron chi connectivity index (χ3n) is 2.07. The van der Waals surface area contributed by atoms with Crippen molar-refractivity contribution in [2.75, 3.05) is 0 Å². The molecule has 0 bridgehead atoms. The molecule has 0 saturated carbocycles. The summed E-state index contributed by atoms with van der Waals surface area (Å²) in [6.07, 6.45) is 0. The van der Waals surface area contributed by atoms with E-state index in [4.69, 9.17) is 9.26 Å². The first-order valence-electron chi connectivity index (χ1n) is 4.90. The molecule has 0 radical (unpaired) electrons. The van der Waals surface area contributed by atoms with E-state index >= 15 is 0 Å². The molecule has 4 nitrogen and oxygen atoms in total. The van der Waals surface area contributed by atoms with Crippen molar-refractivity contribution in [2.45, 2.75) is 13.5 Å².